The van der Waals surface area contributed by atoms with Crippen LogP contribution in [0.2, 0.25) is 17.7 Å². The molecule has 0 aromatic heterocycles. The summed E-state index contributed by atoms with van der Waals surface area (Å²) in [4.78, 5) is 29.0. The number of rotatable bonds is 13. The first-order chi connectivity index (χ1) is 15.5. The zero-order chi connectivity index (χ0) is 23.0. The molecule has 1 aromatic rings. The summed E-state index contributed by atoms with van der Waals surface area (Å²) in [5.41, 5.74) is 1.15. The van der Waals surface area contributed by atoms with Crippen LogP contribution in [0.25, 0.3) is 0 Å². The molecule has 1 saturated carbocycles. The second-order valence-corrected chi connectivity index (χ2v) is 24.5. The second kappa shape index (κ2) is 12.6. The molecule has 2 aliphatic rings. The molecule has 1 aliphatic heterocycles. The molecule has 3 rings (SSSR count). The van der Waals surface area contributed by atoms with Crippen molar-refractivity contribution in [3.63, 3.8) is 0 Å². The molecule has 3 atom stereocenters. The molecule has 0 bridgehead atoms. The fourth-order valence-electron chi connectivity index (χ4n) is 6.41. The van der Waals surface area contributed by atoms with E-state index in [2.05, 4.69) is 32.9 Å². The summed E-state index contributed by atoms with van der Waals surface area (Å²) in [5.74, 6) is 1.02. The molecule has 1 amide bonds. The molecule has 0 N–H and O–H groups in total. The van der Waals surface area contributed by atoms with Gasteiger partial charge in [-0.1, -0.05) is 0 Å². The van der Waals surface area contributed by atoms with Crippen LogP contribution in [0.5, 0.6) is 0 Å². The maximum absolute atomic E-state index is 13.9. The predicted molar refractivity (Wildman–Crippen MR) is 136 cm³/mol. The van der Waals surface area contributed by atoms with Crippen LogP contribution in [0.15, 0.2) is 30.3 Å². The van der Waals surface area contributed by atoms with Gasteiger partial charge in [-0.15, -0.1) is 0 Å². The van der Waals surface area contributed by atoms with Gasteiger partial charge in [0.25, 0.3) is 0 Å². The van der Waals surface area contributed by atoms with E-state index in [4.69, 9.17) is 0 Å². The quantitative estimate of drug-likeness (QED) is 0.245. The third-order valence-corrected chi connectivity index (χ3v) is 24.0. The summed E-state index contributed by atoms with van der Waals surface area (Å²) >= 11 is -2.47. The van der Waals surface area contributed by atoms with E-state index in [1.54, 1.807) is 0 Å². The second-order valence-electron chi connectivity index (χ2n) is 10.5. The summed E-state index contributed by atoms with van der Waals surface area (Å²) < 4.78 is 5.53. The van der Waals surface area contributed by atoms with Crippen LogP contribution >= 0.6 is 0 Å². The van der Waals surface area contributed by atoms with Crippen LogP contribution in [0, 0.1) is 11.8 Å². The van der Waals surface area contributed by atoms with Crippen molar-refractivity contribution in [1.82, 2.24) is 4.90 Å². The van der Waals surface area contributed by atoms with Crippen molar-refractivity contribution < 1.29 is 9.59 Å². The van der Waals surface area contributed by atoms with E-state index in [1.165, 1.54) is 56.3 Å². The van der Waals surface area contributed by atoms with Gasteiger partial charge in [0.2, 0.25) is 0 Å². The van der Waals surface area contributed by atoms with Crippen LogP contribution in [-0.2, 0) is 16.1 Å². The number of fused-ring (bicyclic) bond motifs is 1. The Labute approximate surface area is 200 Å². The van der Waals surface area contributed by atoms with E-state index in [0.717, 1.165) is 18.4 Å². The molecule has 1 saturated heterocycles. The van der Waals surface area contributed by atoms with Crippen molar-refractivity contribution in [3.8, 4) is 0 Å². The molecule has 32 heavy (non-hydrogen) atoms. The fourth-order valence-corrected chi connectivity index (χ4v) is 23.8. The Bertz CT molecular complexity index is 712. The number of unbranched alkanes of at least 4 members (excludes halogenated alkanes) is 3. The number of likely N-dealkylation sites (tertiary alicyclic amines) is 1. The molecule has 2 fully saturated rings. The number of Topliss-reactive ketones (excluding diaryl/α,β-unsaturated/α-hetero) is 1. The van der Waals surface area contributed by atoms with Gasteiger partial charge >= 0.3 is 201 Å². The first-order valence-corrected chi connectivity index (χ1v) is 21.5. The summed E-state index contributed by atoms with van der Waals surface area (Å²) in [6.07, 6.45) is 10.5. The molecule has 4 heteroatoms. The summed E-state index contributed by atoms with van der Waals surface area (Å²) in [7, 11) is 0. The van der Waals surface area contributed by atoms with Gasteiger partial charge in [0.1, 0.15) is 0 Å². The molecule has 1 heterocycles. The first kappa shape index (κ1) is 25.8. The van der Waals surface area contributed by atoms with Crippen molar-refractivity contribution in [3.05, 3.63) is 35.9 Å². The topological polar surface area (TPSA) is 37.4 Å². The average molecular weight is 546 g/mol. The number of amides is 1. The standard InChI is InChI=1S/C16H18NO2.3C4H9.Sn/c1-11-13-8-5-9-14(18)15(13)17(16(11)19)10-12-6-3-2-4-7-12;3*1-3-4-2;/h2-4,6-7,11,13,15H,1,5,8-10H2;3*1,3-4H2,2H3;/t11-,13-,15?;;;;/m1..../s1. The fraction of sp³-hybridized carbons (Fsp3) is 0.714. The first-order valence-electron chi connectivity index (χ1n) is 13.4. The van der Waals surface area contributed by atoms with E-state index in [1.807, 2.05) is 23.1 Å². The number of carbonyl (C=O) groups is 2. The Hall–Kier alpha value is -0.841. The van der Waals surface area contributed by atoms with Crippen LogP contribution in [0.3, 0.4) is 0 Å². The molecule has 1 aromatic carbocycles. The van der Waals surface area contributed by atoms with Crippen molar-refractivity contribution in [2.45, 2.75) is 109 Å². The molecule has 1 aliphatic carbocycles. The van der Waals surface area contributed by atoms with Gasteiger partial charge in [0.15, 0.2) is 0 Å². The van der Waals surface area contributed by atoms with Gasteiger partial charge in [-0.2, -0.15) is 0 Å². The number of benzene rings is 1. The number of nitrogens with zero attached hydrogens (tertiary/aromatic N) is 1. The van der Waals surface area contributed by atoms with E-state index in [-0.39, 0.29) is 17.9 Å². The van der Waals surface area contributed by atoms with Gasteiger partial charge in [-0.25, -0.2) is 0 Å². The third-order valence-electron chi connectivity index (χ3n) is 8.18. The van der Waals surface area contributed by atoms with Crippen LogP contribution in [-0.4, -0.2) is 41.0 Å². The van der Waals surface area contributed by atoms with Crippen LogP contribution in [0.1, 0.15) is 84.1 Å². The SMILES string of the molecule is CCC[CH2][Sn]([CH2]CCC)([CH2]CCC)[CH2][C@H]1C(=O)N(Cc2ccccc2)C2C(=O)CCC[C@@H]21. The summed E-state index contributed by atoms with van der Waals surface area (Å²) in [5, 5.41) is 0. The Morgan fingerprint density at radius 1 is 0.906 bits per heavy atom. The molecule has 1 unspecified atom stereocenters. The monoisotopic (exact) mass is 547 g/mol. The van der Waals surface area contributed by atoms with Gasteiger partial charge in [0.05, 0.1) is 0 Å². The van der Waals surface area contributed by atoms with Crippen LogP contribution in [0.4, 0.5) is 0 Å². The Morgan fingerprint density at radius 2 is 1.50 bits per heavy atom. The zero-order valence-electron chi connectivity index (χ0n) is 20.8. The van der Waals surface area contributed by atoms with E-state index in [9.17, 15) is 9.59 Å². The molecule has 0 radical (unpaired) electrons. The van der Waals surface area contributed by atoms with E-state index >= 15 is 0 Å². The Morgan fingerprint density at radius 3 is 2.06 bits per heavy atom. The molecule has 178 valence electrons. The van der Waals surface area contributed by atoms with Crippen molar-refractivity contribution in [1.29, 1.82) is 0 Å². The molecular formula is C28H45NO2Sn. The molecular weight excluding hydrogens is 501 g/mol. The Kier molecular flexibility index (Phi) is 10.1. The summed E-state index contributed by atoms with van der Waals surface area (Å²) in [6.45, 7) is 7.54. The molecule has 3 nitrogen and oxygen atoms in total. The van der Waals surface area contributed by atoms with Crippen molar-refractivity contribution in [2.75, 3.05) is 0 Å². The van der Waals surface area contributed by atoms with Gasteiger partial charge in [-0.3, -0.25) is 0 Å². The number of ketones is 1. The van der Waals surface area contributed by atoms with Crippen LogP contribution < -0.4 is 0 Å². The van der Waals surface area contributed by atoms with E-state index in [0.29, 0.717) is 24.7 Å². The number of hydrogen-bond donors (Lipinski definition) is 0. The average Bonchev–Trinajstić information content (AvgIpc) is 3.07. The number of carbonyl (C=O) groups excluding carboxylic acids is 2. The molecule has 0 spiro atoms. The van der Waals surface area contributed by atoms with Gasteiger partial charge in [0, 0.05) is 0 Å². The van der Waals surface area contributed by atoms with Crippen molar-refractivity contribution >= 4 is 30.1 Å². The van der Waals surface area contributed by atoms with Gasteiger partial charge in [-0.05, 0) is 0 Å². The van der Waals surface area contributed by atoms with Crippen molar-refractivity contribution in [2.24, 2.45) is 11.8 Å². The normalized spacial score (nSPS) is 23.6. The maximum atomic E-state index is 13.9. The zero-order valence-corrected chi connectivity index (χ0v) is 23.6. The predicted octanol–water partition coefficient (Wildman–Crippen LogP) is 7.23. The third kappa shape index (κ3) is 6.18. The Balaban J connectivity index is 1.88. The van der Waals surface area contributed by atoms with Gasteiger partial charge < -0.3 is 0 Å². The minimum absolute atomic E-state index is 0.120. The van der Waals surface area contributed by atoms with E-state index < -0.39 is 18.4 Å². The number of hydrogen-bond acceptors (Lipinski definition) is 2. The minimum atomic E-state index is -2.47. The summed E-state index contributed by atoms with van der Waals surface area (Å²) in [6, 6.07) is 10.1.